The highest BCUT2D eigenvalue weighted by atomic mass is 16.4. The van der Waals surface area contributed by atoms with Crippen molar-refractivity contribution in [3.63, 3.8) is 0 Å². The van der Waals surface area contributed by atoms with Gasteiger partial charge in [-0.1, -0.05) is 36.4 Å². The van der Waals surface area contributed by atoms with Crippen molar-refractivity contribution in [1.82, 2.24) is 45.4 Å². The van der Waals surface area contributed by atoms with E-state index in [2.05, 4.69) is 20.9 Å². The summed E-state index contributed by atoms with van der Waals surface area (Å²) in [5, 5.41) is 65.4. The number of carboxylic acids is 6. The van der Waals surface area contributed by atoms with Gasteiger partial charge in [-0.05, 0) is 54.8 Å². The Morgan fingerprint density at radius 1 is 0.586 bits per heavy atom. The van der Waals surface area contributed by atoms with Crippen LogP contribution in [0.5, 0.6) is 0 Å². The number of carbonyl (C=O) groups excluding carboxylic acids is 3. The lowest BCUT2D eigenvalue weighted by Crippen LogP contribution is -2.51. The van der Waals surface area contributed by atoms with E-state index >= 15 is 0 Å². The fourth-order valence-corrected chi connectivity index (χ4v) is 7.73. The van der Waals surface area contributed by atoms with Gasteiger partial charge in [0.2, 0.25) is 5.91 Å². The van der Waals surface area contributed by atoms with Gasteiger partial charge in [0.1, 0.15) is 12.1 Å². The predicted molar refractivity (Wildman–Crippen MR) is 249 cm³/mol. The molecule has 24 heteroatoms. The number of fused-ring (bicyclic) bond motifs is 1. The van der Waals surface area contributed by atoms with E-state index in [4.69, 9.17) is 5.11 Å². The molecule has 0 unspecified atom stereocenters. The van der Waals surface area contributed by atoms with Crippen LogP contribution in [0.25, 0.3) is 10.8 Å². The quantitative estimate of drug-likeness (QED) is 0.0512. The van der Waals surface area contributed by atoms with Gasteiger partial charge in [-0.2, -0.15) is 0 Å². The first-order chi connectivity index (χ1) is 33.4. The first-order valence-electron chi connectivity index (χ1n) is 22.6. The molecule has 1 aromatic heterocycles. The summed E-state index contributed by atoms with van der Waals surface area (Å²) >= 11 is 0. The molecule has 4 rings (SSSR count). The van der Waals surface area contributed by atoms with Crippen molar-refractivity contribution in [3.05, 3.63) is 77.6 Å². The van der Waals surface area contributed by atoms with Gasteiger partial charge >= 0.3 is 41.8 Å². The van der Waals surface area contributed by atoms with Crippen LogP contribution in [-0.4, -0.2) is 211 Å². The van der Waals surface area contributed by atoms with Crippen LogP contribution in [0.2, 0.25) is 0 Å². The first-order valence-corrected chi connectivity index (χ1v) is 22.6. The number of hydrogen-bond donors (Lipinski definition) is 9. The van der Waals surface area contributed by atoms with Crippen molar-refractivity contribution >= 4 is 64.4 Å². The number of rotatable bonds is 25. The van der Waals surface area contributed by atoms with Gasteiger partial charge in [-0.3, -0.25) is 53.4 Å². The Bertz CT molecular complexity index is 2260. The van der Waals surface area contributed by atoms with Crippen molar-refractivity contribution in [2.45, 2.75) is 57.3 Å². The SMILES string of the molecule is O=C(O)CC[C@@H](NC(=O)N[C@H](CCCCN(Cc1nccc2ccccc12)C(=O)c1ccc(CNC(=O)CN2CCN(CC(=O)O)CCN(CC(=O)O)CCN(CC(=O)O)CC2)cc1)C(=O)O)C(=O)O. The Kier molecular flexibility index (Phi) is 22.3. The smallest absolute Gasteiger partial charge is 0.326 e. The van der Waals surface area contributed by atoms with Crippen molar-refractivity contribution in [2.75, 3.05) is 85.1 Å². The van der Waals surface area contributed by atoms with Gasteiger partial charge in [0.25, 0.3) is 5.91 Å². The number of benzene rings is 2. The molecular weight excluding hydrogens is 919 g/mol. The molecule has 9 N–H and O–H groups in total. The number of nitrogens with zero attached hydrogens (tertiary/aromatic N) is 6. The summed E-state index contributed by atoms with van der Waals surface area (Å²) in [6, 6.07) is 11.9. The molecule has 1 fully saturated rings. The largest absolute Gasteiger partial charge is 0.481 e. The van der Waals surface area contributed by atoms with E-state index in [1.54, 1.807) is 55.0 Å². The zero-order valence-corrected chi connectivity index (χ0v) is 38.6. The lowest BCUT2D eigenvalue weighted by atomic mass is 10.1. The average Bonchev–Trinajstić information content (AvgIpc) is 3.30. The summed E-state index contributed by atoms with van der Waals surface area (Å²) in [6.07, 6.45) is 1.12. The van der Waals surface area contributed by atoms with Crippen molar-refractivity contribution in [1.29, 1.82) is 0 Å². The fraction of sp³-hybridized carbons (Fsp3) is 0.478. The highest BCUT2D eigenvalue weighted by molar-refractivity contribution is 5.94. The maximum absolute atomic E-state index is 14.2. The Balaban J connectivity index is 1.40. The minimum atomic E-state index is -1.56. The van der Waals surface area contributed by atoms with Crippen LogP contribution in [0.3, 0.4) is 0 Å². The number of aromatic nitrogens is 1. The topological polar surface area (TPSA) is 340 Å². The summed E-state index contributed by atoms with van der Waals surface area (Å²) in [4.78, 5) is 122. The average molecular weight is 980 g/mol. The second kappa shape index (κ2) is 28.3. The lowest BCUT2D eigenvalue weighted by molar-refractivity contribution is -0.141. The highest BCUT2D eigenvalue weighted by Gasteiger charge is 2.26. The molecule has 2 aromatic carbocycles. The Morgan fingerprint density at radius 3 is 1.59 bits per heavy atom. The fourth-order valence-electron chi connectivity index (χ4n) is 7.73. The molecule has 0 bridgehead atoms. The Labute approximate surface area is 402 Å². The molecule has 0 aliphatic carbocycles. The molecule has 0 saturated carbocycles. The monoisotopic (exact) mass is 979 g/mol. The molecule has 0 radical (unpaired) electrons. The molecule has 2 atom stereocenters. The van der Waals surface area contributed by atoms with E-state index in [0.717, 1.165) is 10.8 Å². The van der Waals surface area contributed by atoms with Crippen LogP contribution in [-0.2, 0) is 46.7 Å². The first kappa shape index (κ1) is 55.3. The second-order valence-electron chi connectivity index (χ2n) is 16.8. The van der Waals surface area contributed by atoms with Crippen LogP contribution in [0.15, 0.2) is 60.8 Å². The maximum Gasteiger partial charge on any atom is 0.326 e. The molecule has 380 valence electrons. The van der Waals surface area contributed by atoms with Gasteiger partial charge in [0.15, 0.2) is 0 Å². The van der Waals surface area contributed by atoms with Crippen LogP contribution < -0.4 is 16.0 Å². The zero-order chi connectivity index (χ0) is 51.2. The second-order valence-corrected chi connectivity index (χ2v) is 16.8. The molecule has 4 amide bonds. The third-order valence-electron chi connectivity index (χ3n) is 11.5. The molecule has 70 heavy (non-hydrogen) atoms. The molecule has 0 spiro atoms. The number of nitrogens with one attached hydrogen (secondary N) is 3. The van der Waals surface area contributed by atoms with E-state index in [0.29, 0.717) is 23.2 Å². The van der Waals surface area contributed by atoms with Gasteiger partial charge in [0, 0.05) is 89.0 Å². The van der Waals surface area contributed by atoms with E-state index in [1.807, 2.05) is 30.3 Å². The van der Waals surface area contributed by atoms with Crippen molar-refractivity contribution in [3.8, 4) is 0 Å². The number of unbranched alkanes of at least 4 members (excludes halogenated alkanes) is 1. The number of amides is 4. The molecule has 1 saturated heterocycles. The van der Waals surface area contributed by atoms with E-state index < -0.39 is 66.8 Å². The van der Waals surface area contributed by atoms with Gasteiger partial charge in [0.05, 0.1) is 38.4 Å². The van der Waals surface area contributed by atoms with Crippen molar-refractivity contribution in [2.24, 2.45) is 0 Å². The molecule has 1 aliphatic heterocycles. The summed E-state index contributed by atoms with van der Waals surface area (Å²) < 4.78 is 0. The van der Waals surface area contributed by atoms with E-state index in [9.17, 15) is 68.7 Å². The number of pyridine rings is 1. The predicted octanol–water partition coefficient (Wildman–Crippen LogP) is 0.210. The Morgan fingerprint density at radius 2 is 1.09 bits per heavy atom. The highest BCUT2D eigenvalue weighted by Crippen LogP contribution is 2.20. The normalized spacial score (nSPS) is 15.3. The number of carboxylic acid groups (broad SMARTS) is 6. The van der Waals surface area contributed by atoms with Crippen LogP contribution >= 0.6 is 0 Å². The van der Waals surface area contributed by atoms with Crippen LogP contribution in [0, 0.1) is 0 Å². The number of aliphatic carboxylic acids is 6. The minimum Gasteiger partial charge on any atom is -0.481 e. The summed E-state index contributed by atoms with van der Waals surface area (Å²) in [5.74, 6) is -8.04. The van der Waals surface area contributed by atoms with E-state index in [-0.39, 0.29) is 123 Å². The standard InChI is InChI=1S/C46H61N9O15/c56-38(27-51-17-19-52(28-40(59)60)21-23-54(30-42(63)64)24-22-53(20-18-51)29-41(61)62)48-25-31-8-10-33(11-9-31)43(65)55(26-37-34-6-2-1-5-32(34)14-15-47-37)16-4-3-7-35(44(66)67)49-46(70)50-36(45(68)69)12-13-39(57)58/h1-2,5-6,8-11,14-15,35-36H,3-4,7,12-13,16-30H2,(H,48,56)(H,57,58)(H,59,60)(H,61,62)(H,63,64)(H,66,67)(H,68,69)(H2,49,50,70)/t35-,36-/m1/s1. The van der Waals surface area contributed by atoms with Crippen LogP contribution in [0.1, 0.15) is 53.7 Å². The molecule has 2 heterocycles. The lowest BCUT2D eigenvalue weighted by Gasteiger charge is -2.32. The third-order valence-corrected chi connectivity index (χ3v) is 11.5. The zero-order valence-electron chi connectivity index (χ0n) is 38.6. The Hall–Kier alpha value is -7.28. The summed E-state index contributed by atoms with van der Waals surface area (Å²) in [6.45, 7) is 1.34. The molecule has 3 aromatic rings. The number of urea groups is 1. The molecular formula is C46H61N9O15. The van der Waals surface area contributed by atoms with Gasteiger partial charge in [-0.25, -0.2) is 14.4 Å². The molecule has 1 aliphatic rings. The van der Waals surface area contributed by atoms with Gasteiger partial charge < -0.3 is 51.5 Å². The summed E-state index contributed by atoms with van der Waals surface area (Å²) in [5.41, 5.74) is 1.60. The molecule has 24 nitrogen and oxygen atoms in total. The minimum absolute atomic E-state index is 0.0796. The number of hydrogen-bond acceptors (Lipinski definition) is 14. The summed E-state index contributed by atoms with van der Waals surface area (Å²) in [7, 11) is 0. The third kappa shape index (κ3) is 19.7. The maximum atomic E-state index is 14.2. The van der Waals surface area contributed by atoms with E-state index in [1.165, 1.54) is 0 Å². The van der Waals surface area contributed by atoms with Crippen LogP contribution in [0.4, 0.5) is 4.79 Å². The van der Waals surface area contributed by atoms with Gasteiger partial charge in [-0.15, -0.1) is 0 Å². The number of carbonyl (C=O) groups is 9. The van der Waals surface area contributed by atoms with Crippen molar-refractivity contribution < 1.29 is 73.8 Å².